The van der Waals surface area contributed by atoms with E-state index >= 15 is 0 Å². The summed E-state index contributed by atoms with van der Waals surface area (Å²) in [6.45, 7) is 1.56. The Kier molecular flexibility index (Phi) is 4.24. The molecule has 0 radical (unpaired) electrons. The van der Waals surface area contributed by atoms with Crippen LogP contribution in [0.25, 0.3) is 0 Å². The molecule has 0 aromatic heterocycles. The second-order valence-corrected chi connectivity index (χ2v) is 5.19. The lowest BCUT2D eigenvalue weighted by Crippen LogP contribution is -2.19. The van der Waals surface area contributed by atoms with Gasteiger partial charge in [0.05, 0.1) is 11.4 Å². The Hall–Kier alpha value is -1.51. The molecular formula is C15H22N2O. The molecule has 0 aliphatic heterocycles. The van der Waals surface area contributed by atoms with Gasteiger partial charge in [-0.05, 0) is 38.0 Å². The smallest absolute Gasteiger partial charge is 0.159 e. The minimum Gasteiger partial charge on any atom is -0.397 e. The lowest BCUT2D eigenvalue weighted by Gasteiger charge is -2.19. The first-order valence-electron chi connectivity index (χ1n) is 6.84. The number of rotatable bonds is 3. The van der Waals surface area contributed by atoms with Gasteiger partial charge in [0.15, 0.2) is 5.78 Å². The fourth-order valence-electron chi connectivity index (χ4n) is 2.56. The van der Waals surface area contributed by atoms with Gasteiger partial charge < -0.3 is 11.1 Å². The number of nitrogen functional groups attached to an aromatic ring is 1. The Morgan fingerprint density at radius 3 is 2.44 bits per heavy atom. The van der Waals surface area contributed by atoms with E-state index in [1.54, 1.807) is 13.0 Å². The standard InChI is InChI=1S/C15H22N2O/c1-11(18)12-8-9-15(14(16)10-12)17-13-6-4-2-3-5-7-13/h8-10,13,17H,2-7,16H2,1H3. The fraction of sp³-hybridized carbons (Fsp3) is 0.533. The highest BCUT2D eigenvalue weighted by Gasteiger charge is 2.13. The van der Waals surface area contributed by atoms with E-state index in [-0.39, 0.29) is 5.78 Å². The number of nitrogens with one attached hydrogen (secondary N) is 1. The van der Waals surface area contributed by atoms with Crippen LogP contribution in [0.15, 0.2) is 18.2 Å². The van der Waals surface area contributed by atoms with Crippen molar-refractivity contribution >= 4 is 17.2 Å². The molecule has 1 saturated carbocycles. The van der Waals surface area contributed by atoms with E-state index in [0.29, 0.717) is 17.3 Å². The molecular weight excluding hydrogens is 224 g/mol. The molecule has 1 fully saturated rings. The maximum Gasteiger partial charge on any atom is 0.159 e. The number of Topliss-reactive ketones (excluding diaryl/α,β-unsaturated/α-hetero) is 1. The molecule has 18 heavy (non-hydrogen) atoms. The first-order valence-corrected chi connectivity index (χ1v) is 6.84. The quantitative estimate of drug-likeness (QED) is 0.486. The Morgan fingerprint density at radius 2 is 1.89 bits per heavy atom. The van der Waals surface area contributed by atoms with E-state index in [1.165, 1.54) is 38.5 Å². The maximum atomic E-state index is 11.3. The SMILES string of the molecule is CC(=O)c1ccc(NC2CCCCCC2)c(N)c1. The van der Waals surface area contributed by atoms with Crippen LogP contribution in [0.1, 0.15) is 55.8 Å². The summed E-state index contributed by atoms with van der Waals surface area (Å²) in [7, 11) is 0. The van der Waals surface area contributed by atoms with Crippen LogP contribution >= 0.6 is 0 Å². The van der Waals surface area contributed by atoms with Crippen molar-refractivity contribution in [1.82, 2.24) is 0 Å². The average Bonchev–Trinajstić information content (AvgIpc) is 2.60. The second-order valence-electron chi connectivity index (χ2n) is 5.19. The largest absolute Gasteiger partial charge is 0.397 e. The molecule has 0 atom stereocenters. The normalized spacial score (nSPS) is 17.2. The molecule has 0 heterocycles. The van der Waals surface area contributed by atoms with Crippen LogP contribution in [-0.4, -0.2) is 11.8 Å². The van der Waals surface area contributed by atoms with E-state index in [4.69, 9.17) is 5.73 Å². The Bertz CT molecular complexity index is 421. The van der Waals surface area contributed by atoms with Crippen molar-refractivity contribution in [2.24, 2.45) is 0 Å². The number of carbonyl (C=O) groups is 1. The summed E-state index contributed by atoms with van der Waals surface area (Å²) >= 11 is 0. The number of benzene rings is 1. The van der Waals surface area contributed by atoms with Crippen molar-refractivity contribution < 1.29 is 4.79 Å². The van der Waals surface area contributed by atoms with Gasteiger partial charge in [-0.15, -0.1) is 0 Å². The van der Waals surface area contributed by atoms with Crippen LogP contribution in [0.5, 0.6) is 0 Å². The highest BCUT2D eigenvalue weighted by atomic mass is 16.1. The number of hydrogen-bond acceptors (Lipinski definition) is 3. The van der Waals surface area contributed by atoms with Crippen molar-refractivity contribution in [3.05, 3.63) is 23.8 Å². The summed E-state index contributed by atoms with van der Waals surface area (Å²) in [5, 5.41) is 3.52. The highest BCUT2D eigenvalue weighted by Crippen LogP contribution is 2.25. The summed E-state index contributed by atoms with van der Waals surface area (Å²) in [5.74, 6) is 0.0581. The van der Waals surface area contributed by atoms with Crippen molar-refractivity contribution in [3.63, 3.8) is 0 Å². The summed E-state index contributed by atoms with van der Waals surface area (Å²) in [6.07, 6.45) is 7.71. The molecule has 1 aromatic carbocycles. The highest BCUT2D eigenvalue weighted by molar-refractivity contribution is 5.96. The van der Waals surface area contributed by atoms with Crippen LogP contribution in [0.3, 0.4) is 0 Å². The molecule has 0 bridgehead atoms. The van der Waals surface area contributed by atoms with Gasteiger partial charge in [0.2, 0.25) is 0 Å². The maximum absolute atomic E-state index is 11.3. The number of anilines is 2. The van der Waals surface area contributed by atoms with Crippen molar-refractivity contribution in [2.75, 3.05) is 11.1 Å². The number of ketones is 1. The second kappa shape index (κ2) is 5.89. The molecule has 1 aliphatic rings. The molecule has 1 aliphatic carbocycles. The monoisotopic (exact) mass is 246 g/mol. The Labute approximate surface area is 109 Å². The van der Waals surface area contributed by atoms with Gasteiger partial charge in [-0.1, -0.05) is 25.7 Å². The summed E-state index contributed by atoms with van der Waals surface area (Å²) in [5.41, 5.74) is 8.32. The Morgan fingerprint density at radius 1 is 1.22 bits per heavy atom. The zero-order valence-electron chi connectivity index (χ0n) is 11.0. The van der Waals surface area contributed by atoms with Crippen LogP contribution in [0, 0.1) is 0 Å². The zero-order valence-corrected chi connectivity index (χ0v) is 11.0. The summed E-state index contributed by atoms with van der Waals surface area (Å²) in [4.78, 5) is 11.3. The van der Waals surface area contributed by atoms with Gasteiger partial charge >= 0.3 is 0 Å². The lowest BCUT2D eigenvalue weighted by atomic mass is 10.1. The van der Waals surface area contributed by atoms with Crippen LogP contribution in [-0.2, 0) is 0 Å². The first kappa shape index (κ1) is 12.9. The molecule has 0 amide bonds. The third kappa shape index (κ3) is 3.25. The van der Waals surface area contributed by atoms with Gasteiger partial charge in [0.25, 0.3) is 0 Å². The number of nitrogens with two attached hydrogens (primary N) is 1. The predicted octanol–water partition coefficient (Wildman–Crippen LogP) is 3.61. The summed E-state index contributed by atoms with van der Waals surface area (Å²) < 4.78 is 0. The Balaban J connectivity index is 2.06. The third-order valence-electron chi connectivity index (χ3n) is 3.67. The molecule has 0 spiro atoms. The van der Waals surface area contributed by atoms with Crippen LogP contribution in [0.4, 0.5) is 11.4 Å². The number of hydrogen-bond donors (Lipinski definition) is 2. The van der Waals surface area contributed by atoms with E-state index in [9.17, 15) is 4.79 Å². The van der Waals surface area contributed by atoms with Crippen LogP contribution < -0.4 is 11.1 Å². The van der Waals surface area contributed by atoms with E-state index in [1.807, 2.05) is 12.1 Å². The third-order valence-corrected chi connectivity index (χ3v) is 3.67. The van der Waals surface area contributed by atoms with Crippen molar-refractivity contribution in [3.8, 4) is 0 Å². The molecule has 3 heteroatoms. The first-order chi connectivity index (χ1) is 8.66. The minimum atomic E-state index is 0.0581. The molecule has 3 nitrogen and oxygen atoms in total. The molecule has 1 aromatic rings. The average molecular weight is 246 g/mol. The van der Waals surface area contributed by atoms with Gasteiger partial charge in [-0.2, -0.15) is 0 Å². The lowest BCUT2D eigenvalue weighted by molar-refractivity contribution is 0.101. The number of carbonyl (C=O) groups excluding carboxylic acids is 1. The van der Waals surface area contributed by atoms with Crippen molar-refractivity contribution in [1.29, 1.82) is 0 Å². The zero-order chi connectivity index (χ0) is 13.0. The minimum absolute atomic E-state index is 0.0581. The van der Waals surface area contributed by atoms with E-state index in [0.717, 1.165) is 5.69 Å². The van der Waals surface area contributed by atoms with E-state index in [2.05, 4.69) is 5.32 Å². The fourth-order valence-corrected chi connectivity index (χ4v) is 2.56. The van der Waals surface area contributed by atoms with Gasteiger partial charge in [-0.25, -0.2) is 0 Å². The van der Waals surface area contributed by atoms with Crippen LogP contribution in [0.2, 0.25) is 0 Å². The summed E-state index contributed by atoms with van der Waals surface area (Å²) in [6, 6.07) is 6.06. The molecule has 2 rings (SSSR count). The molecule has 98 valence electrons. The predicted molar refractivity (Wildman–Crippen MR) is 76.0 cm³/mol. The molecule has 0 unspecified atom stereocenters. The molecule has 0 saturated heterocycles. The van der Waals surface area contributed by atoms with E-state index < -0.39 is 0 Å². The van der Waals surface area contributed by atoms with Gasteiger partial charge in [-0.3, -0.25) is 4.79 Å². The van der Waals surface area contributed by atoms with Gasteiger partial charge in [0, 0.05) is 11.6 Å². The van der Waals surface area contributed by atoms with Gasteiger partial charge in [0.1, 0.15) is 0 Å². The topological polar surface area (TPSA) is 55.1 Å². The molecule has 3 N–H and O–H groups in total. The van der Waals surface area contributed by atoms with Crippen molar-refractivity contribution in [2.45, 2.75) is 51.5 Å².